The molecule has 0 aromatic carbocycles. The van der Waals surface area contributed by atoms with Crippen LogP contribution in [0.2, 0.25) is 0 Å². The minimum atomic E-state index is -0.796. The molecule has 4 N–H and O–H groups in total. The highest BCUT2D eigenvalue weighted by atomic mass is 16.6. The molecule has 0 bridgehead atoms. The normalized spacial score (nSPS) is 12.3. The lowest BCUT2D eigenvalue weighted by atomic mass is 10.1. The van der Waals surface area contributed by atoms with Gasteiger partial charge >= 0.3 is 17.9 Å². The van der Waals surface area contributed by atoms with E-state index in [9.17, 15) is 14.4 Å². The highest BCUT2D eigenvalue weighted by Gasteiger charge is 2.19. The lowest BCUT2D eigenvalue weighted by Crippen LogP contribution is -2.30. The van der Waals surface area contributed by atoms with Crippen LogP contribution in [0.4, 0.5) is 0 Å². The van der Waals surface area contributed by atoms with Crippen LogP contribution in [0.25, 0.3) is 0 Å². The van der Waals surface area contributed by atoms with E-state index in [1.165, 1.54) is 6.42 Å². The number of carbonyl (C=O) groups is 3. The zero-order valence-electron chi connectivity index (χ0n) is 26.4. The molecule has 8 heteroatoms. The van der Waals surface area contributed by atoms with Crippen LogP contribution >= 0.6 is 0 Å². The number of allylic oxidation sites excluding steroid dienone is 4. The maximum Gasteiger partial charge on any atom is 0.306 e. The van der Waals surface area contributed by atoms with Gasteiger partial charge in [-0.3, -0.25) is 14.4 Å². The molecule has 1 atom stereocenters. The van der Waals surface area contributed by atoms with Crippen molar-refractivity contribution in [2.24, 2.45) is 11.5 Å². The van der Waals surface area contributed by atoms with Gasteiger partial charge in [0.2, 0.25) is 0 Å². The fourth-order valence-electron chi connectivity index (χ4n) is 4.42. The quantitative estimate of drug-likeness (QED) is 0.0391. The van der Waals surface area contributed by atoms with Gasteiger partial charge in [-0.1, -0.05) is 82.1 Å². The van der Waals surface area contributed by atoms with Crippen LogP contribution in [-0.4, -0.2) is 37.2 Å². The lowest BCUT2D eigenvalue weighted by Gasteiger charge is -2.18. The molecule has 8 nitrogen and oxygen atoms in total. The van der Waals surface area contributed by atoms with E-state index >= 15 is 0 Å². The van der Waals surface area contributed by atoms with E-state index in [1.54, 1.807) is 12.4 Å². The largest absolute Gasteiger partial charge is 0.462 e. The van der Waals surface area contributed by atoms with Crippen molar-refractivity contribution in [3.63, 3.8) is 0 Å². The molecular formula is C34H60N2O6. The van der Waals surface area contributed by atoms with E-state index in [-0.39, 0.29) is 37.5 Å². The van der Waals surface area contributed by atoms with Crippen LogP contribution in [0.5, 0.6) is 0 Å². The van der Waals surface area contributed by atoms with Crippen molar-refractivity contribution < 1.29 is 28.6 Å². The average molecular weight is 593 g/mol. The van der Waals surface area contributed by atoms with Crippen LogP contribution in [0.15, 0.2) is 36.7 Å². The molecule has 1 unspecified atom stereocenters. The number of carbonyl (C=O) groups excluding carboxylic acids is 3. The van der Waals surface area contributed by atoms with E-state index < -0.39 is 6.10 Å². The van der Waals surface area contributed by atoms with Crippen molar-refractivity contribution in [3.05, 3.63) is 36.7 Å². The third-order valence-corrected chi connectivity index (χ3v) is 6.92. The molecule has 0 aromatic heterocycles. The minimum Gasteiger partial charge on any atom is -0.462 e. The number of hydrogen-bond donors (Lipinski definition) is 2. The van der Waals surface area contributed by atoms with Crippen molar-refractivity contribution >= 4 is 17.9 Å². The first-order valence-corrected chi connectivity index (χ1v) is 16.4. The SMILES string of the molecule is C/C=C/CCCCCCCC(=O)OCC(COC(=O)CCCCCCC/C=C\N)OC(=O)CCCCCCC/C=C/N. The summed E-state index contributed by atoms with van der Waals surface area (Å²) < 4.78 is 16.3. The Balaban J connectivity index is 4.40. The van der Waals surface area contributed by atoms with Gasteiger partial charge in [0.15, 0.2) is 6.10 Å². The van der Waals surface area contributed by atoms with Crippen LogP contribution in [0.1, 0.15) is 142 Å². The summed E-state index contributed by atoms with van der Waals surface area (Å²) in [6.07, 6.45) is 29.5. The summed E-state index contributed by atoms with van der Waals surface area (Å²) in [4.78, 5) is 37.0. The molecule has 0 heterocycles. The number of hydrogen-bond acceptors (Lipinski definition) is 8. The number of nitrogens with two attached hydrogens (primary N) is 2. The molecule has 0 aliphatic carbocycles. The zero-order valence-corrected chi connectivity index (χ0v) is 26.4. The summed E-state index contributed by atoms with van der Waals surface area (Å²) in [5, 5.41) is 0. The molecule has 0 amide bonds. The fraction of sp³-hybridized carbons (Fsp3) is 0.735. The van der Waals surface area contributed by atoms with Gasteiger partial charge < -0.3 is 25.7 Å². The van der Waals surface area contributed by atoms with Gasteiger partial charge in [-0.2, -0.15) is 0 Å². The van der Waals surface area contributed by atoms with Crippen molar-refractivity contribution in [2.75, 3.05) is 13.2 Å². The summed E-state index contributed by atoms with van der Waals surface area (Å²) in [7, 11) is 0. The summed E-state index contributed by atoms with van der Waals surface area (Å²) in [5.74, 6) is -1.00. The molecule has 0 aliphatic heterocycles. The monoisotopic (exact) mass is 592 g/mol. The molecule has 0 radical (unpaired) electrons. The Morgan fingerprint density at radius 3 is 1.29 bits per heavy atom. The summed E-state index contributed by atoms with van der Waals surface area (Å²) in [5.41, 5.74) is 10.7. The molecule has 0 aliphatic rings. The van der Waals surface area contributed by atoms with E-state index in [1.807, 2.05) is 19.1 Å². The maximum absolute atomic E-state index is 12.5. The van der Waals surface area contributed by atoms with Crippen LogP contribution in [-0.2, 0) is 28.6 Å². The Morgan fingerprint density at radius 1 is 0.524 bits per heavy atom. The first kappa shape index (κ1) is 39.2. The highest BCUT2D eigenvalue weighted by Crippen LogP contribution is 2.12. The van der Waals surface area contributed by atoms with Gasteiger partial charge in [0.1, 0.15) is 13.2 Å². The number of esters is 3. The summed E-state index contributed by atoms with van der Waals surface area (Å²) in [6, 6.07) is 0. The smallest absolute Gasteiger partial charge is 0.306 e. The second kappa shape index (κ2) is 31.2. The van der Waals surface area contributed by atoms with Gasteiger partial charge in [0, 0.05) is 19.3 Å². The zero-order chi connectivity index (χ0) is 30.9. The molecule has 0 saturated heterocycles. The Hall–Kier alpha value is -2.77. The van der Waals surface area contributed by atoms with Gasteiger partial charge in [0.05, 0.1) is 0 Å². The molecule has 42 heavy (non-hydrogen) atoms. The standard InChI is InChI=1S/C34H60N2O6/c1-2-3-4-5-6-9-14-19-24-32(37)40-29-31(42-34(39)26-21-16-11-8-13-18-23-28-36)30-41-33(38)25-20-15-10-7-12-17-22-27-35/h2-3,22-23,27-28,31H,4-21,24-26,29-30,35-36H2,1H3/b3-2+,27-22-,28-23+. The second-order valence-corrected chi connectivity index (χ2v) is 10.8. The molecule has 242 valence electrons. The van der Waals surface area contributed by atoms with Gasteiger partial charge in [-0.15, -0.1) is 0 Å². The molecule has 0 aromatic rings. The Bertz CT molecular complexity index is 708. The van der Waals surface area contributed by atoms with Crippen molar-refractivity contribution in [3.8, 4) is 0 Å². The van der Waals surface area contributed by atoms with E-state index in [0.29, 0.717) is 12.8 Å². The topological polar surface area (TPSA) is 131 Å². The second-order valence-electron chi connectivity index (χ2n) is 10.8. The molecule has 0 saturated carbocycles. The molecule has 0 rings (SSSR count). The van der Waals surface area contributed by atoms with Gasteiger partial charge in [-0.05, 0) is 77.1 Å². The molecular weight excluding hydrogens is 532 g/mol. The van der Waals surface area contributed by atoms with Crippen molar-refractivity contribution in [1.82, 2.24) is 0 Å². The molecule has 0 fully saturated rings. The van der Waals surface area contributed by atoms with E-state index in [4.69, 9.17) is 25.7 Å². The van der Waals surface area contributed by atoms with Crippen LogP contribution in [0.3, 0.4) is 0 Å². The first-order valence-electron chi connectivity index (χ1n) is 16.4. The van der Waals surface area contributed by atoms with E-state index in [0.717, 1.165) is 109 Å². The number of ether oxygens (including phenoxy) is 3. The Kier molecular flexibility index (Phi) is 29.1. The average Bonchev–Trinajstić information content (AvgIpc) is 2.98. The lowest BCUT2D eigenvalue weighted by molar-refractivity contribution is -0.167. The predicted octanol–water partition coefficient (Wildman–Crippen LogP) is 7.70. The maximum atomic E-state index is 12.5. The number of rotatable bonds is 29. The Labute approximate surface area is 255 Å². The summed E-state index contributed by atoms with van der Waals surface area (Å²) >= 11 is 0. The first-order chi connectivity index (χ1) is 20.5. The molecule has 0 spiro atoms. The van der Waals surface area contributed by atoms with Crippen LogP contribution < -0.4 is 11.5 Å². The van der Waals surface area contributed by atoms with Gasteiger partial charge in [-0.25, -0.2) is 0 Å². The van der Waals surface area contributed by atoms with Crippen molar-refractivity contribution in [1.29, 1.82) is 0 Å². The highest BCUT2D eigenvalue weighted by molar-refractivity contribution is 5.71. The minimum absolute atomic E-state index is 0.104. The van der Waals surface area contributed by atoms with Crippen molar-refractivity contribution in [2.45, 2.75) is 148 Å². The van der Waals surface area contributed by atoms with E-state index in [2.05, 4.69) is 12.2 Å². The number of unbranched alkanes of at least 4 members (excludes halogenated alkanes) is 15. The fourth-order valence-corrected chi connectivity index (χ4v) is 4.42. The van der Waals surface area contributed by atoms with Crippen LogP contribution in [0, 0.1) is 0 Å². The predicted molar refractivity (Wildman–Crippen MR) is 170 cm³/mol. The third-order valence-electron chi connectivity index (χ3n) is 6.92. The Morgan fingerprint density at radius 2 is 0.881 bits per heavy atom. The van der Waals surface area contributed by atoms with Gasteiger partial charge in [0.25, 0.3) is 0 Å². The third kappa shape index (κ3) is 28.7. The summed E-state index contributed by atoms with van der Waals surface area (Å²) in [6.45, 7) is 1.82.